The molecule has 0 spiro atoms. The lowest BCUT2D eigenvalue weighted by Crippen LogP contribution is -2.35. The fourth-order valence-corrected chi connectivity index (χ4v) is 3.17. The summed E-state index contributed by atoms with van der Waals surface area (Å²) in [4.78, 5) is 0. The predicted octanol–water partition coefficient (Wildman–Crippen LogP) is 4.30. The first-order chi connectivity index (χ1) is 7.75. The van der Waals surface area contributed by atoms with Crippen LogP contribution in [0, 0.1) is 11.3 Å². The fourth-order valence-electron chi connectivity index (χ4n) is 3.17. The predicted molar refractivity (Wildman–Crippen MR) is 61.7 cm³/mol. The minimum atomic E-state index is -4.15. The van der Waals surface area contributed by atoms with Crippen LogP contribution in [0.1, 0.15) is 58.8 Å². The fraction of sp³-hybridized carbons (Fsp3) is 1.00. The molecule has 1 nitrogen and oxygen atoms in total. The Morgan fingerprint density at radius 3 is 2.12 bits per heavy atom. The van der Waals surface area contributed by atoms with Gasteiger partial charge < -0.3 is 5.11 Å². The van der Waals surface area contributed by atoms with Crippen molar-refractivity contribution in [2.75, 3.05) is 0 Å². The van der Waals surface area contributed by atoms with E-state index in [1.165, 1.54) is 0 Å². The third-order valence-corrected chi connectivity index (χ3v) is 3.82. The van der Waals surface area contributed by atoms with Crippen LogP contribution in [0.25, 0.3) is 0 Å². The van der Waals surface area contributed by atoms with Gasteiger partial charge in [-0.3, -0.25) is 0 Å². The highest BCUT2D eigenvalue weighted by molar-refractivity contribution is 4.91. The Balaban J connectivity index is 2.58. The molecule has 0 aromatic carbocycles. The lowest BCUT2D eigenvalue weighted by atomic mass is 9.73. The Kier molecular flexibility index (Phi) is 4.87. The Morgan fingerprint density at radius 2 is 1.71 bits per heavy atom. The van der Waals surface area contributed by atoms with E-state index in [0.717, 1.165) is 32.1 Å². The molecule has 1 unspecified atom stereocenters. The maximum Gasteiger partial charge on any atom is 0.389 e. The van der Waals surface area contributed by atoms with Crippen LogP contribution in [0.4, 0.5) is 13.2 Å². The van der Waals surface area contributed by atoms with E-state index >= 15 is 0 Å². The van der Waals surface area contributed by atoms with Crippen LogP contribution >= 0.6 is 0 Å². The largest absolute Gasteiger partial charge is 0.393 e. The van der Waals surface area contributed by atoms with E-state index < -0.39 is 18.7 Å². The van der Waals surface area contributed by atoms with Crippen molar-refractivity contribution in [3.8, 4) is 0 Å². The van der Waals surface area contributed by atoms with E-state index in [-0.39, 0.29) is 11.8 Å². The Morgan fingerprint density at radius 1 is 1.18 bits per heavy atom. The highest BCUT2D eigenvalue weighted by Crippen LogP contribution is 2.47. The van der Waals surface area contributed by atoms with E-state index in [9.17, 15) is 18.3 Å². The lowest BCUT2D eigenvalue weighted by molar-refractivity contribution is -0.145. The first-order valence-electron chi connectivity index (χ1n) is 6.50. The second-order valence-electron chi connectivity index (χ2n) is 5.84. The Hall–Kier alpha value is -0.250. The molecule has 0 aromatic rings. The van der Waals surface area contributed by atoms with Crippen molar-refractivity contribution in [3.63, 3.8) is 0 Å². The van der Waals surface area contributed by atoms with Crippen LogP contribution in [0.5, 0.6) is 0 Å². The summed E-state index contributed by atoms with van der Waals surface area (Å²) in [5.74, 6) is 0.425. The van der Waals surface area contributed by atoms with E-state index in [0.29, 0.717) is 5.92 Å². The summed E-state index contributed by atoms with van der Waals surface area (Å²) in [5, 5.41) is 10.1. The van der Waals surface area contributed by atoms with Crippen LogP contribution in [-0.4, -0.2) is 17.4 Å². The average molecular weight is 252 g/mol. The van der Waals surface area contributed by atoms with Crippen LogP contribution in [0.3, 0.4) is 0 Å². The number of alkyl halides is 3. The third-order valence-electron chi connectivity index (χ3n) is 3.82. The van der Waals surface area contributed by atoms with Gasteiger partial charge in [0.05, 0.1) is 6.10 Å². The molecule has 1 rings (SSSR count). The van der Waals surface area contributed by atoms with Crippen molar-refractivity contribution in [2.45, 2.75) is 71.1 Å². The van der Waals surface area contributed by atoms with Gasteiger partial charge in [-0.05, 0) is 37.0 Å². The zero-order valence-electron chi connectivity index (χ0n) is 10.7. The molecule has 4 heteroatoms. The van der Waals surface area contributed by atoms with E-state index in [1.54, 1.807) is 0 Å². The van der Waals surface area contributed by atoms with Gasteiger partial charge in [0.2, 0.25) is 0 Å². The molecule has 0 saturated heterocycles. The molecule has 102 valence electrons. The molecule has 0 aliphatic heterocycles. The summed E-state index contributed by atoms with van der Waals surface area (Å²) in [5.41, 5.74) is -0.251. The normalized spacial score (nSPS) is 22.1. The number of aliphatic hydroxyl groups excluding tert-OH is 1. The Bertz CT molecular complexity index is 229. The Labute approximate surface area is 101 Å². The quantitative estimate of drug-likeness (QED) is 0.773. The molecule has 1 N–H and O–H groups in total. The summed E-state index contributed by atoms with van der Waals surface area (Å²) in [6, 6.07) is 0. The number of aliphatic hydroxyl groups is 1. The molecule has 1 fully saturated rings. The monoisotopic (exact) mass is 252 g/mol. The molecular weight excluding hydrogens is 229 g/mol. The maximum absolute atomic E-state index is 12.2. The summed E-state index contributed by atoms with van der Waals surface area (Å²) in [6.07, 6.45) is -1.29. The van der Waals surface area contributed by atoms with Crippen LogP contribution in [0.15, 0.2) is 0 Å². The summed E-state index contributed by atoms with van der Waals surface area (Å²) in [7, 11) is 0. The third kappa shape index (κ3) is 4.49. The van der Waals surface area contributed by atoms with Crippen molar-refractivity contribution >= 4 is 0 Å². The highest BCUT2D eigenvalue weighted by Gasteiger charge is 2.42. The smallest absolute Gasteiger partial charge is 0.389 e. The van der Waals surface area contributed by atoms with E-state index in [4.69, 9.17) is 0 Å². The molecule has 1 aliphatic carbocycles. The van der Waals surface area contributed by atoms with Gasteiger partial charge in [-0.2, -0.15) is 13.2 Å². The second-order valence-corrected chi connectivity index (χ2v) is 5.84. The number of halogens is 3. The SMILES string of the molecule is CC(C)CC1(C(O)CCC(F)(F)F)CCCC1. The molecule has 1 atom stereocenters. The molecule has 0 aromatic heterocycles. The molecule has 17 heavy (non-hydrogen) atoms. The summed E-state index contributed by atoms with van der Waals surface area (Å²) in [6.45, 7) is 4.13. The minimum Gasteiger partial charge on any atom is -0.393 e. The van der Waals surface area contributed by atoms with Gasteiger partial charge in [-0.1, -0.05) is 26.7 Å². The molecule has 0 amide bonds. The summed E-state index contributed by atoms with van der Waals surface area (Å²) < 4.78 is 36.5. The van der Waals surface area contributed by atoms with Gasteiger partial charge in [0.1, 0.15) is 0 Å². The molecule has 0 heterocycles. The summed E-state index contributed by atoms with van der Waals surface area (Å²) >= 11 is 0. The van der Waals surface area contributed by atoms with Gasteiger partial charge in [-0.25, -0.2) is 0 Å². The molecular formula is C13H23F3O. The number of hydrogen-bond donors (Lipinski definition) is 1. The average Bonchev–Trinajstić information content (AvgIpc) is 2.61. The minimum absolute atomic E-state index is 0.143. The molecule has 0 bridgehead atoms. The van der Waals surface area contributed by atoms with Gasteiger partial charge >= 0.3 is 6.18 Å². The topological polar surface area (TPSA) is 20.2 Å². The van der Waals surface area contributed by atoms with E-state index in [2.05, 4.69) is 13.8 Å². The molecule has 0 radical (unpaired) electrons. The van der Waals surface area contributed by atoms with Crippen LogP contribution in [-0.2, 0) is 0 Å². The molecule has 1 aliphatic rings. The van der Waals surface area contributed by atoms with Gasteiger partial charge in [0.15, 0.2) is 0 Å². The van der Waals surface area contributed by atoms with Crippen molar-refractivity contribution in [2.24, 2.45) is 11.3 Å². The second kappa shape index (κ2) is 5.59. The number of hydrogen-bond acceptors (Lipinski definition) is 1. The van der Waals surface area contributed by atoms with Crippen molar-refractivity contribution < 1.29 is 18.3 Å². The van der Waals surface area contributed by atoms with E-state index in [1.807, 2.05) is 0 Å². The standard InChI is InChI=1S/C13H23F3O/c1-10(2)9-12(6-3-4-7-12)11(17)5-8-13(14,15)16/h10-11,17H,3-9H2,1-2H3. The zero-order chi connectivity index (χ0) is 13.1. The van der Waals surface area contributed by atoms with Gasteiger partial charge in [-0.15, -0.1) is 0 Å². The van der Waals surface area contributed by atoms with Crippen molar-refractivity contribution in [1.29, 1.82) is 0 Å². The van der Waals surface area contributed by atoms with Gasteiger partial charge in [0, 0.05) is 6.42 Å². The van der Waals surface area contributed by atoms with Crippen LogP contribution < -0.4 is 0 Å². The molecule has 1 saturated carbocycles. The zero-order valence-corrected chi connectivity index (χ0v) is 10.7. The van der Waals surface area contributed by atoms with Gasteiger partial charge in [0.25, 0.3) is 0 Å². The van der Waals surface area contributed by atoms with Crippen LogP contribution in [0.2, 0.25) is 0 Å². The first-order valence-corrected chi connectivity index (χ1v) is 6.50. The first kappa shape index (κ1) is 14.8. The lowest BCUT2D eigenvalue weighted by Gasteiger charge is -2.36. The van der Waals surface area contributed by atoms with Crippen molar-refractivity contribution in [3.05, 3.63) is 0 Å². The highest BCUT2D eigenvalue weighted by atomic mass is 19.4. The number of rotatable bonds is 5. The maximum atomic E-state index is 12.2. The van der Waals surface area contributed by atoms with Crippen molar-refractivity contribution in [1.82, 2.24) is 0 Å².